The molecule has 1 aromatic carbocycles. The minimum absolute atomic E-state index is 0.232. The number of alkyl halides is 1. The molecular weight excluding hydrogens is 225 g/mol. The van der Waals surface area contributed by atoms with E-state index in [1.54, 1.807) is 12.1 Å². The molecule has 0 aliphatic heterocycles. The molecule has 1 N–H and O–H groups in total. The van der Waals surface area contributed by atoms with Gasteiger partial charge in [0.05, 0.1) is 22.4 Å². The summed E-state index contributed by atoms with van der Waals surface area (Å²) in [6.07, 6.45) is 0. The summed E-state index contributed by atoms with van der Waals surface area (Å²) < 4.78 is 20.2. The molecule has 0 radical (unpaired) electrons. The van der Waals surface area contributed by atoms with Crippen molar-refractivity contribution in [1.29, 1.82) is 0 Å². The molecule has 0 aliphatic carbocycles. The number of hydrogen-bond donors (Lipinski definition) is 1. The van der Waals surface area contributed by atoms with E-state index >= 15 is 0 Å². The standard InChI is InChI=1S/C8H7ClFN3S/c9-5-1-2-6-8(13-14-12-6)7(5)11-4-3-10/h1-2,11H,3-4H2. The minimum atomic E-state index is -0.440. The van der Waals surface area contributed by atoms with Crippen molar-refractivity contribution in [2.24, 2.45) is 0 Å². The Kier molecular flexibility index (Phi) is 2.79. The van der Waals surface area contributed by atoms with Gasteiger partial charge in [-0.25, -0.2) is 4.39 Å². The first kappa shape index (κ1) is 9.61. The smallest absolute Gasteiger partial charge is 0.129 e. The van der Waals surface area contributed by atoms with Gasteiger partial charge in [0, 0.05) is 6.54 Å². The average molecular weight is 232 g/mol. The Hall–Kier alpha value is -0.940. The van der Waals surface area contributed by atoms with E-state index < -0.39 is 6.67 Å². The molecule has 2 rings (SSSR count). The van der Waals surface area contributed by atoms with Gasteiger partial charge in [0.1, 0.15) is 17.7 Å². The van der Waals surface area contributed by atoms with Gasteiger partial charge in [-0.2, -0.15) is 8.75 Å². The summed E-state index contributed by atoms with van der Waals surface area (Å²) in [4.78, 5) is 0. The first-order chi connectivity index (χ1) is 6.83. The topological polar surface area (TPSA) is 37.8 Å². The van der Waals surface area contributed by atoms with Crippen LogP contribution in [-0.2, 0) is 0 Å². The van der Waals surface area contributed by atoms with Gasteiger partial charge in [-0.1, -0.05) is 11.6 Å². The van der Waals surface area contributed by atoms with Gasteiger partial charge in [-0.05, 0) is 12.1 Å². The summed E-state index contributed by atoms with van der Waals surface area (Å²) in [6, 6.07) is 3.52. The third-order valence-corrected chi connectivity index (χ3v) is 2.63. The van der Waals surface area contributed by atoms with Gasteiger partial charge in [-0.3, -0.25) is 0 Å². The number of nitrogens with one attached hydrogen (secondary N) is 1. The largest absolute Gasteiger partial charge is 0.379 e. The summed E-state index contributed by atoms with van der Waals surface area (Å²) in [5.41, 5.74) is 2.15. The zero-order valence-electron chi connectivity index (χ0n) is 7.13. The fraction of sp³-hybridized carbons (Fsp3) is 0.250. The van der Waals surface area contributed by atoms with Crippen molar-refractivity contribution in [1.82, 2.24) is 8.75 Å². The van der Waals surface area contributed by atoms with Gasteiger partial charge >= 0.3 is 0 Å². The fourth-order valence-electron chi connectivity index (χ4n) is 1.17. The van der Waals surface area contributed by atoms with Crippen molar-refractivity contribution >= 4 is 40.0 Å². The fourth-order valence-corrected chi connectivity index (χ4v) is 1.93. The van der Waals surface area contributed by atoms with Crippen LogP contribution in [0, 0.1) is 0 Å². The van der Waals surface area contributed by atoms with Gasteiger partial charge < -0.3 is 5.32 Å². The van der Waals surface area contributed by atoms with Crippen molar-refractivity contribution in [3.63, 3.8) is 0 Å². The monoisotopic (exact) mass is 231 g/mol. The molecule has 0 saturated carbocycles. The zero-order valence-corrected chi connectivity index (χ0v) is 8.70. The molecule has 0 fully saturated rings. The molecule has 1 heterocycles. The second-order valence-corrected chi connectivity index (χ2v) is 3.61. The Morgan fingerprint density at radius 2 is 2.29 bits per heavy atom. The first-order valence-corrected chi connectivity index (χ1v) is 5.14. The SMILES string of the molecule is FCCNc1c(Cl)ccc2nsnc12. The highest BCUT2D eigenvalue weighted by molar-refractivity contribution is 7.00. The molecule has 1 aromatic heterocycles. The van der Waals surface area contributed by atoms with Gasteiger partial charge in [0.25, 0.3) is 0 Å². The second kappa shape index (κ2) is 4.06. The molecule has 3 nitrogen and oxygen atoms in total. The average Bonchev–Trinajstić information content (AvgIpc) is 2.64. The number of aromatic nitrogens is 2. The lowest BCUT2D eigenvalue weighted by atomic mass is 10.2. The summed E-state index contributed by atoms with van der Waals surface area (Å²) in [5.74, 6) is 0. The highest BCUT2D eigenvalue weighted by Gasteiger charge is 2.08. The number of anilines is 1. The van der Waals surface area contributed by atoms with Gasteiger partial charge in [0.2, 0.25) is 0 Å². The van der Waals surface area contributed by atoms with E-state index in [9.17, 15) is 4.39 Å². The molecule has 0 amide bonds. The predicted octanol–water partition coefficient (Wildman–Crippen LogP) is 2.73. The molecule has 0 saturated heterocycles. The van der Waals surface area contributed by atoms with Gasteiger partial charge in [0.15, 0.2) is 0 Å². The molecule has 6 heteroatoms. The van der Waals surface area contributed by atoms with E-state index in [0.717, 1.165) is 17.2 Å². The Labute approximate surface area is 89.2 Å². The van der Waals surface area contributed by atoms with E-state index in [4.69, 9.17) is 11.6 Å². The third kappa shape index (κ3) is 1.65. The van der Waals surface area contributed by atoms with Crippen molar-refractivity contribution in [3.8, 4) is 0 Å². The molecule has 0 atom stereocenters. The first-order valence-electron chi connectivity index (χ1n) is 4.03. The van der Waals surface area contributed by atoms with Crippen molar-refractivity contribution in [2.75, 3.05) is 18.5 Å². The molecule has 0 unspecified atom stereocenters. The second-order valence-electron chi connectivity index (χ2n) is 2.67. The summed E-state index contributed by atoms with van der Waals surface area (Å²) in [7, 11) is 0. The predicted molar refractivity (Wildman–Crippen MR) is 56.9 cm³/mol. The quantitative estimate of drug-likeness (QED) is 0.883. The van der Waals surface area contributed by atoms with Crippen LogP contribution in [0.15, 0.2) is 12.1 Å². The summed E-state index contributed by atoms with van der Waals surface area (Å²) in [5, 5.41) is 3.43. The van der Waals surface area contributed by atoms with Crippen LogP contribution >= 0.6 is 23.3 Å². The number of rotatable bonds is 3. The Bertz CT molecular complexity index is 445. The highest BCUT2D eigenvalue weighted by Crippen LogP contribution is 2.29. The van der Waals surface area contributed by atoms with Gasteiger partial charge in [-0.15, -0.1) is 0 Å². The maximum Gasteiger partial charge on any atom is 0.129 e. The van der Waals surface area contributed by atoms with Crippen LogP contribution in [-0.4, -0.2) is 22.0 Å². The summed E-state index contributed by atoms with van der Waals surface area (Å²) >= 11 is 7.06. The maximum atomic E-state index is 12.0. The summed E-state index contributed by atoms with van der Waals surface area (Å²) in [6.45, 7) is -0.208. The van der Waals surface area contributed by atoms with Crippen LogP contribution in [0.1, 0.15) is 0 Å². The number of hydrogen-bond acceptors (Lipinski definition) is 4. The van der Waals surface area contributed by atoms with Crippen molar-refractivity contribution in [2.45, 2.75) is 0 Å². The van der Waals surface area contributed by atoms with E-state index in [2.05, 4.69) is 14.1 Å². The third-order valence-electron chi connectivity index (χ3n) is 1.77. The molecule has 0 spiro atoms. The Morgan fingerprint density at radius 3 is 3.07 bits per heavy atom. The zero-order chi connectivity index (χ0) is 9.97. The minimum Gasteiger partial charge on any atom is -0.379 e. The molecule has 0 aliphatic rings. The molecule has 2 aromatic rings. The highest BCUT2D eigenvalue weighted by atomic mass is 35.5. The van der Waals surface area contributed by atoms with E-state index in [1.807, 2.05) is 0 Å². The lowest BCUT2D eigenvalue weighted by molar-refractivity contribution is 0.513. The van der Waals surface area contributed by atoms with Crippen LogP contribution in [0.4, 0.5) is 10.1 Å². The number of benzene rings is 1. The van der Waals surface area contributed by atoms with Crippen LogP contribution < -0.4 is 5.32 Å². The van der Waals surface area contributed by atoms with Crippen LogP contribution in [0.2, 0.25) is 5.02 Å². The van der Waals surface area contributed by atoms with E-state index in [-0.39, 0.29) is 6.54 Å². The van der Waals surface area contributed by atoms with E-state index in [0.29, 0.717) is 16.2 Å². The van der Waals surface area contributed by atoms with Crippen LogP contribution in [0.3, 0.4) is 0 Å². The van der Waals surface area contributed by atoms with Crippen LogP contribution in [0.25, 0.3) is 11.0 Å². The molecular formula is C8H7ClFN3S. The Balaban J connectivity index is 2.47. The lowest BCUT2D eigenvalue weighted by Gasteiger charge is -2.05. The molecule has 0 bridgehead atoms. The Morgan fingerprint density at radius 1 is 1.43 bits per heavy atom. The normalized spacial score (nSPS) is 10.7. The van der Waals surface area contributed by atoms with Crippen molar-refractivity contribution in [3.05, 3.63) is 17.2 Å². The van der Waals surface area contributed by atoms with E-state index in [1.165, 1.54) is 0 Å². The maximum absolute atomic E-state index is 12.0. The number of nitrogens with zero attached hydrogens (tertiary/aromatic N) is 2. The molecule has 14 heavy (non-hydrogen) atoms. The van der Waals surface area contributed by atoms with Crippen LogP contribution in [0.5, 0.6) is 0 Å². The molecule has 74 valence electrons. The number of fused-ring (bicyclic) bond motifs is 1. The van der Waals surface area contributed by atoms with Crippen molar-refractivity contribution < 1.29 is 4.39 Å². The number of halogens is 2. The lowest BCUT2D eigenvalue weighted by Crippen LogP contribution is -2.03.